The fourth-order valence-electron chi connectivity index (χ4n) is 3.03. The Bertz CT molecular complexity index is 858. The molecule has 4 rings (SSSR count). The van der Waals surface area contributed by atoms with E-state index in [1.807, 2.05) is 6.07 Å². The van der Waals surface area contributed by atoms with Crippen molar-refractivity contribution in [1.29, 1.82) is 0 Å². The molecule has 0 atom stereocenters. The lowest BCUT2D eigenvalue weighted by molar-refractivity contribution is 0.628. The Morgan fingerprint density at radius 3 is 2.73 bits per heavy atom. The van der Waals surface area contributed by atoms with E-state index in [0.29, 0.717) is 0 Å². The maximum atomic E-state index is 13.0. The van der Waals surface area contributed by atoms with E-state index >= 15 is 0 Å². The van der Waals surface area contributed by atoms with E-state index in [9.17, 15) is 4.39 Å². The lowest BCUT2D eigenvalue weighted by atomic mass is 10.2. The molecule has 1 aliphatic rings. The Kier molecular flexibility index (Phi) is 5.06. The number of thiazole rings is 1. The second kappa shape index (κ2) is 7.78. The van der Waals surface area contributed by atoms with Crippen LogP contribution in [-0.2, 0) is 6.42 Å². The molecule has 0 spiro atoms. The molecule has 1 aliphatic heterocycles. The van der Waals surface area contributed by atoms with Crippen molar-refractivity contribution in [3.05, 3.63) is 53.6 Å². The second-order valence-electron chi connectivity index (χ2n) is 6.28. The number of aromatic nitrogens is 3. The van der Waals surface area contributed by atoms with Gasteiger partial charge in [-0.15, -0.1) is 11.3 Å². The third-order valence-corrected chi connectivity index (χ3v) is 5.35. The average molecular weight is 369 g/mol. The van der Waals surface area contributed by atoms with Crippen molar-refractivity contribution in [3.63, 3.8) is 0 Å². The van der Waals surface area contributed by atoms with E-state index in [2.05, 4.69) is 30.5 Å². The summed E-state index contributed by atoms with van der Waals surface area (Å²) in [5, 5.41) is 6.32. The van der Waals surface area contributed by atoms with Crippen molar-refractivity contribution in [2.45, 2.75) is 19.3 Å². The summed E-state index contributed by atoms with van der Waals surface area (Å²) < 4.78 is 13.0. The Morgan fingerprint density at radius 2 is 1.92 bits per heavy atom. The molecule has 7 heteroatoms. The van der Waals surface area contributed by atoms with E-state index in [0.717, 1.165) is 54.0 Å². The van der Waals surface area contributed by atoms with Gasteiger partial charge in [-0.25, -0.2) is 19.3 Å². The number of hydrogen-bond acceptors (Lipinski definition) is 6. The summed E-state index contributed by atoms with van der Waals surface area (Å²) >= 11 is 1.58. The van der Waals surface area contributed by atoms with Gasteiger partial charge in [-0.05, 0) is 37.1 Å². The highest BCUT2D eigenvalue weighted by Gasteiger charge is 2.14. The number of rotatable bonds is 6. The maximum Gasteiger partial charge on any atom is 0.134 e. The van der Waals surface area contributed by atoms with Gasteiger partial charge in [0.1, 0.15) is 28.8 Å². The zero-order chi connectivity index (χ0) is 17.8. The molecular formula is C19H20FN5S. The third kappa shape index (κ3) is 3.99. The van der Waals surface area contributed by atoms with Crippen molar-refractivity contribution in [1.82, 2.24) is 15.0 Å². The lowest BCUT2D eigenvalue weighted by Crippen LogP contribution is -2.19. The highest BCUT2D eigenvalue weighted by Crippen LogP contribution is 2.24. The van der Waals surface area contributed by atoms with Crippen molar-refractivity contribution < 1.29 is 4.39 Å². The maximum absolute atomic E-state index is 13.0. The predicted octanol–water partition coefficient (Wildman–Crippen LogP) is 3.99. The van der Waals surface area contributed by atoms with Gasteiger partial charge in [0.15, 0.2) is 0 Å². The summed E-state index contributed by atoms with van der Waals surface area (Å²) in [7, 11) is 0. The first-order chi connectivity index (χ1) is 12.8. The van der Waals surface area contributed by atoms with Gasteiger partial charge in [0.2, 0.25) is 0 Å². The Morgan fingerprint density at radius 1 is 1.12 bits per heavy atom. The van der Waals surface area contributed by atoms with E-state index < -0.39 is 0 Å². The van der Waals surface area contributed by atoms with Crippen molar-refractivity contribution in [2.24, 2.45) is 0 Å². The average Bonchev–Trinajstić information content (AvgIpc) is 3.35. The Balaban J connectivity index is 1.33. The standard InChI is InChI=1S/C19H20FN5S/c20-15-5-3-14(4-6-15)19-24-16(12-26-19)7-8-21-17-11-18(23-13-22-17)25-9-1-2-10-25/h3-6,11-13H,1-2,7-10H2,(H,21,22,23). The molecule has 0 aliphatic carbocycles. The molecule has 3 heterocycles. The molecule has 1 aromatic carbocycles. The summed E-state index contributed by atoms with van der Waals surface area (Å²) in [6.45, 7) is 2.89. The quantitative estimate of drug-likeness (QED) is 0.712. The van der Waals surface area contributed by atoms with Gasteiger partial charge >= 0.3 is 0 Å². The normalized spacial score (nSPS) is 14.0. The van der Waals surface area contributed by atoms with Crippen LogP contribution < -0.4 is 10.2 Å². The van der Waals surface area contributed by atoms with Gasteiger partial charge in [0.05, 0.1) is 5.69 Å². The minimum absolute atomic E-state index is 0.229. The third-order valence-electron chi connectivity index (χ3n) is 4.41. The predicted molar refractivity (Wildman–Crippen MR) is 103 cm³/mol. The minimum atomic E-state index is -0.229. The summed E-state index contributed by atoms with van der Waals surface area (Å²) in [6, 6.07) is 8.46. The molecular weight excluding hydrogens is 349 g/mol. The Labute approximate surface area is 156 Å². The van der Waals surface area contributed by atoms with Crippen LogP contribution >= 0.6 is 11.3 Å². The smallest absolute Gasteiger partial charge is 0.134 e. The first-order valence-corrected chi connectivity index (χ1v) is 9.67. The van der Waals surface area contributed by atoms with Crippen molar-refractivity contribution in [3.8, 4) is 10.6 Å². The fourth-order valence-corrected chi connectivity index (χ4v) is 3.89. The van der Waals surface area contributed by atoms with E-state index in [4.69, 9.17) is 0 Å². The van der Waals surface area contributed by atoms with Gasteiger partial charge in [0.25, 0.3) is 0 Å². The number of halogens is 1. The van der Waals surface area contributed by atoms with E-state index in [1.54, 1.807) is 29.8 Å². The second-order valence-corrected chi connectivity index (χ2v) is 7.14. The van der Waals surface area contributed by atoms with Crippen LogP contribution in [0.4, 0.5) is 16.0 Å². The van der Waals surface area contributed by atoms with Gasteiger partial charge in [0, 0.05) is 43.1 Å². The molecule has 1 N–H and O–H groups in total. The zero-order valence-electron chi connectivity index (χ0n) is 14.4. The van der Waals surface area contributed by atoms with Gasteiger partial charge in [-0.3, -0.25) is 0 Å². The van der Waals surface area contributed by atoms with Crippen molar-refractivity contribution in [2.75, 3.05) is 29.9 Å². The van der Waals surface area contributed by atoms with Gasteiger partial charge < -0.3 is 10.2 Å². The van der Waals surface area contributed by atoms with Crippen LogP contribution in [0.1, 0.15) is 18.5 Å². The summed E-state index contributed by atoms with van der Waals surface area (Å²) in [4.78, 5) is 15.6. The van der Waals surface area contributed by atoms with Crippen LogP contribution in [0.5, 0.6) is 0 Å². The van der Waals surface area contributed by atoms with Gasteiger partial charge in [-0.2, -0.15) is 0 Å². The SMILES string of the molecule is Fc1ccc(-c2nc(CCNc3cc(N4CCCC4)ncn3)cs2)cc1. The molecule has 3 aromatic rings. The molecule has 1 saturated heterocycles. The lowest BCUT2D eigenvalue weighted by Gasteiger charge is -2.16. The minimum Gasteiger partial charge on any atom is -0.370 e. The summed E-state index contributed by atoms with van der Waals surface area (Å²) in [6.07, 6.45) is 4.88. The van der Waals surface area contributed by atoms with Crippen LogP contribution in [0.15, 0.2) is 42.0 Å². The number of nitrogens with one attached hydrogen (secondary N) is 1. The number of hydrogen-bond donors (Lipinski definition) is 1. The first kappa shape index (κ1) is 16.9. The monoisotopic (exact) mass is 369 g/mol. The fraction of sp³-hybridized carbons (Fsp3) is 0.316. The van der Waals surface area contributed by atoms with Crippen LogP contribution in [0, 0.1) is 5.82 Å². The van der Waals surface area contributed by atoms with Crippen LogP contribution in [0.2, 0.25) is 0 Å². The molecule has 26 heavy (non-hydrogen) atoms. The molecule has 5 nitrogen and oxygen atoms in total. The van der Waals surface area contributed by atoms with Crippen LogP contribution in [0.3, 0.4) is 0 Å². The van der Waals surface area contributed by atoms with Gasteiger partial charge in [-0.1, -0.05) is 0 Å². The Hall–Kier alpha value is -2.54. The van der Waals surface area contributed by atoms with E-state index in [1.165, 1.54) is 25.0 Å². The van der Waals surface area contributed by atoms with E-state index in [-0.39, 0.29) is 5.82 Å². The highest BCUT2D eigenvalue weighted by molar-refractivity contribution is 7.13. The highest BCUT2D eigenvalue weighted by atomic mass is 32.1. The molecule has 2 aromatic heterocycles. The zero-order valence-corrected chi connectivity index (χ0v) is 15.2. The van der Waals surface area contributed by atoms with Crippen LogP contribution in [-0.4, -0.2) is 34.6 Å². The first-order valence-electron chi connectivity index (χ1n) is 8.79. The molecule has 0 saturated carbocycles. The molecule has 1 fully saturated rings. The molecule has 0 amide bonds. The largest absolute Gasteiger partial charge is 0.370 e. The number of benzene rings is 1. The topological polar surface area (TPSA) is 53.9 Å². The summed E-state index contributed by atoms with van der Waals surface area (Å²) in [5.74, 6) is 1.61. The molecule has 0 unspecified atom stereocenters. The number of nitrogens with zero attached hydrogens (tertiary/aromatic N) is 4. The molecule has 0 radical (unpaired) electrons. The molecule has 134 valence electrons. The van der Waals surface area contributed by atoms with Crippen LogP contribution in [0.25, 0.3) is 10.6 Å². The van der Waals surface area contributed by atoms with Crippen molar-refractivity contribution >= 4 is 23.0 Å². The summed E-state index contributed by atoms with van der Waals surface area (Å²) in [5.41, 5.74) is 1.97. The number of anilines is 2. The molecule has 0 bridgehead atoms.